The van der Waals surface area contributed by atoms with Crippen LogP contribution in [0.4, 0.5) is 0 Å². The molecule has 0 radical (unpaired) electrons. The summed E-state index contributed by atoms with van der Waals surface area (Å²) in [6.07, 6.45) is 10.3. The summed E-state index contributed by atoms with van der Waals surface area (Å²) in [5, 5.41) is 0. The molecule has 4 rings (SSSR count). The molecule has 0 aliphatic heterocycles. The van der Waals surface area contributed by atoms with Crippen LogP contribution in [0.5, 0.6) is 0 Å². The molecular weight excluding hydrogens is 399 g/mol. The summed E-state index contributed by atoms with van der Waals surface area (Å²) in [6, 6.07) is 27.5. The Hall–Kier alpha value is -2.94. The number of benzene rings is 2. The van der Waals surface area contributed by atoms with E-state index >= 15 is 0 Å². The van der Waals surface area contributed by atoms with Gasteiger partial charge in [0.25, 0.3) is 0 Å². The Kier molecular flexibility index (Phi) is 8.14. The van der Waals surface area contributed by atoms with Crippen LogP contribution in [0.2, 0.25) is 0 Å². The van der Waals surface area contributed by atoms with E-state index in [1.807, 2.05) is 12.1 Å². The molecule has 0 fully saturated rings. The number of hydrogen-bond acceptors (Lipinski definition) is 0. The minimum Gasteiger partial charge on any atom is -1.00 e. The third kappa shape index (κ3) is 5.54. The molecule has 0 spiro atoms. The van der Waals surface area contributed by atoms with E-state index in [0.717, 1.165) is 17.8 Å². The van der Waals surface area contributed by atoms with E-state index in [2.05, 4.69) is 113 Å². The molecule has 2 aromatic carbocycles. The molecule has 2 nitrogen and oxygen atoms in total. The first-order valence-electron chi connectivity index (χ1n) is 9.09. The van der Waals surface area contributed by atoms with Crippen LogP contribution in [0, 0.1) is 0 Å². The first kappa shape index (κ1) is 22.4. The predicted octanol–water partition coefficient (Wildman–Crippen LogP) is -1.38. The van der Waals surface area contributed by atoms with E-state index in [9.17, 15) is 0 Å². The second-order valence-corrected chi connectivity index (χ2v) is 6.53. The Bertz CT molecular complexity index is 1030. The van der Waals surface area contributed by atoms with Crippen LogP contribution in [-0.4, -0.2) is 0 Å². The molecular formula is C25H22Cl2N2. The molecule has 146 valence electrons. The van der Waals surface area contributed by atoms with E-state index < -0.39 is 0 Å². The topological polar surface area (TPSA) is 7.76 Å². The van der Waals surface area contributed by atoms with Crippen molar-refractivity contribution in [3.05, 3.63) is 121 Å². The zero-order chi connectivity index (χ0) is 18.5. The van der Waals surface area contributed by atoms with Gasteiger partial charge < -0.3 is 24.8 Å². The van der Waals surface area contributed by atoms with E-state index in [1.165, 1.54) is 16.7 Å². The lowest BCUT2D eigenvalue weighted by Gasteiger charge is -2.02. The maximum absolute atomic E-state index is 3.80. The number of nitrogens with zero attached hydrogens (tertiary/aromatic N) is 2. The van der Waals surface area contributed by atoms with Crippen LogP contribution in [0.15, 0.2) is 110 Å². The summed E-state index contributed by atoms with van der Waals surface area (Å²) in [5.74, 6) is 0. The van der Waals surface area contributed by atoms with Gasteiger partial charge in [-0.15, -0.1) is 0 Å². The van der Waals surface area contributed by atoms with Gasteiger partial charge in [0, 0.05) is 42.0 Å². The highest BCUT2D eigenvalue weighted by molar-refractivity contribution is 5.61. The highest BCUT2D eigenvalue weighted by atomic mass is 35.5. The third-order valence-corrected chi connectivity index (χ3v) is 4.69. The van der Waals surface area contributed by atoms with Gasteiger partial charge in [-0.25, -0.2) is 4.57 Å². The molecule has 0 saturated carbocycles. The lowest BCUT2D eigenvalue weighted by molar-refractivity contribution is -0.688. The molecule has 2 aromatic heterocycles. The van der Waals surface area contributed by atoms with Crippen molar-refractivity contribution in [1.82, 2.24) is 0 Å². The molecule has 4 aromatic rings. The Morgan fingerprint density at radius 3 is 1.76 bits per heavy atom. The van der Waals surface area contributed by atoms with E-state index in [1.54, 1.807) is 0 Å². The first-order chi connectivity index (χ1) is 13.3. The van der Waals surface area contributed by atoms with Crippen LogP contribution in [0.3, 0.4) is 0 Å². The Morgan fingerprint density at radius 2 is 1.21 bits per heavy atom. The summed E-state index contributed by atoms with van der Waals surface area (Å²) < 4.78 is 4.32. The minimum atomic E-state index is 0. The quantitative estimate of drug-likeness (QED) is 0.351. The fourth-order valence-electron chi connectivity index (χ4n) is 3.12. The second kappa shape index (κ2) is 10.6. The normalized spacial score (nSPS) is 9.79. The largest absolute Gasteiger partial charge is 1.00 e. The highest BCUT2D eigenvalue weighted by Gasteiger charge is 2.08. The molecule has 29 heavy (non-hydrogen) atoms. The van der Waals surface area contributed by atoms with Crippen molar-refractivity contribution in [2.45, 2.75) is 6.54 Å². The molecule has 0 amide bonds. The predicted molar refractivity (Wildman–Crippen MR) is 109 cm³/mol. The summed E-state index contributed by atoms with van der Waals surface area (Å²) in [7, 11) is 0. The van der Waals surface area contributed by atoms with Crippen molar-refractivity contribution >= 4 is 6.08 Å². The van der Waals surface area contributed by atoms with Gasteiger partial charge in [-0.05, 0) is 16.7 Å². The standard InChI is InChI=1S/C25H22N2.2ClH/c1-2-21-8-10-22(11-9-21)20-26-16-12-23(13-17-26)24-14-18-27(19-15-24)25-6-4-3-5-7-25;;/h2-19H,1,20H2;2*1H/q+2;;/p-2. The van der Waals surface area contributed by atoms with Gasteiger partial charge in [-0.3, -0.25) is 0 Å². The van der Waals surface area contributed by atoms with Crippen LogP contribution in [-0.2, 0) is 6.54 Å². The van der Waals surface area contributed by atoms with Gasteiger partial charge in [0.15, 0.2) is 31.3 Å². The second-order valence-electron chi connectivity index (χ2n) is 6.53. The molecule has 0 aliphatic rings. The first-order valence-corrected chi connectivity index (χ1v) is 9.09. The van der Waals surface area contributed by atoms with E-state index in [4.69, 9.17) is 0 Å². The lowest BCUT2D eigenvalue weighted by atomic mass is 10.1. The number of aromatic nitrogens is 2. The Labute approximate surface area is 184 Å². The maximum Gasteiger partial charge on any atom is 0.210 e. The highest BCUT2D eigenvalue weighted by Crippen LogP contribution is 2.16. The van der Waals surface area contributed by atoms with Crippen molar-refractivity contribution in [3.63, 3.8) is 0 Å². The van der Waals surface area contributed by atoms with Gasteiger partial charge in [0.1, 0.15) is 0 Å². The molecule has 0 aliphatic carbocycles. The summed E-state index contributed by atoms with van der Waals surface area (Å²) in [4.78, 5) is 0. The Morgan fingerprint density at radius 1 is 0.655 bits per heavy atom. The fourth-order valence-corrected chi connectivity index (χ4v) is 3.12. The smallest absolute Gasteiger partial charge is 0.210 e. The average molecular weight is 421 g/mol. The van der Waals surface area contributed by atoms with Gasteiger partial charge >= 0.3 is 0 Å². The van der Waals surface area contributed by atoms with Gasteiger partial charge in [0.05, 0.1) is 0 Å². The van der Waals surface area contributed by atoms with Crippen molar-refractivity contribution in [1.29, 1.82) is 0 Å². The maximum atomic E-state index is 3.80. The third-order valence-electron chi connectivity index (χ3n) is 4.69. The molecule has 0 unspecified atom stereocenters. The van der Waals surface area contributed by atoms with Gasteiger partial charge in [0.2, 0.25) is 5.69 Å². The van der Waals surface area contributed by atoms with E-state index in [-0.39, 0.29) is 24.8 Å². The van der Waals surface area contributed by atoms with Crippen LogP contribution in [0.1, 0.15) is 11.1 Å². The van der Waals surface area contributed by atoms with Crippen molar-refractivity contribution in [3.8, 4) is 16.8 Å². The Balaban J connectivity index is 0.00000150. The van der Waals surface area contributed by atoms with Gasteiger partial charge in [-0.1, -0.05) is 55.1 Å². The van der Waals surface area contributed by atoms with Crippen molar-refractivity contribution in [2.24, 2.45) is 0 Å². The molecule has 0 saturated heterocycles. The SMILES string of the molecule is C=Cc1ccc(C[n+]2ccc(-c3cc[n+](-c4ccccc4)cc3)cc2)cc1.[Cl-].[Cl-]. The van der Waals surface area contributed by atoms with Crippen LogP contribution >= 0.6 is 0 Å². The molecule has 0 atom stereocenters. The zero-order valence-corrected chi connectivity index (χ0v) is 17.5. The molecule has 2 heterocycles. The number of rotatable bonds is 5. The number of pyridine rings is 2. The number of para-hydroxylation sites is 1. The molecule has 0 N–H and O–H groups in total. The average Bonchev–Trinajstić information content (AvgIpc) is 2.76. The molecule has 0 bridgehead atoms. The fraction of sp³-hybridized carbons (Fsp3) is 0.0400. The zero-order valence-electron chi connectivity index (χ0n) is 16.0. The minimum absolute atomic E-state index is 0. The van der Waals surface area contributed by atoms with Crippen molar-refractivity contribution in [2.75, 3.05) is 0 Å². The molecule has 4 heteroatoms. The summed E-state index contributed by atoms with van der Waals surface area (Å²) in [5.41, 5.74) is 6.02. The van der Waals surface area contributed by atoms with Crippen molar-refractivity contribution < 1.29 is 33.9 Å². The number of halogens is 2. The van der Waals surface area contributed by atoms with Crippen LogP contribution in [0.25, 0.3) is 22.9 Å². The summed E-state index contributed by atoms with van der Waals surface area (Å²) in [6.45, 7) is 4.66. The van der Waals surface area contributed by atoms with Gasteiger partial charge in [-0.2, -0.15) is 4.57 Å². The number of hydrogen-bond donors (Lipinski definition) is 0. The monoisotopic (exact) mass is 420 g/mol. The lowest BCUT2D eigenvalue weighted by Crippen LogP contribution is -3.00. The summed E-state index contributed by atoms with van der Waals surface area (Å²) >= 11 is 0. The van der Waals surface area contributed by atoms with Crippen LogP contribution < -0.4 is 33.9 Å². The van der Waals surface area contributed by atoms with E-state index in [0.29, 0.717) is 0 Å².